The van der Waals surface area contributed by atoms with Crippen LogP contribution in [-0.4, -0.2) is 33.0 Å². The van der Waals surface area contributed by atoms with E-state index in [9.17, 15) is 24.9 Å². The molecule has 1 heterocycles. The topological polar surface area (TPSA) is 110 Å². The number of carboxylic acids is 2. The van der Waals surface area contributed by atoms with Crippen LogP contribution < -0.4 is 5.01 Å². The lowest BCUT2D eigenvalue weighted by molar-refractivity contribution is 0.0696. The lowest BCUT2D eigenvalue weighted by Crippen LogP contribution is -2.19. The molecule has 0 saturated heterocycles. The predicted octanol–water partition coefficient (Wildman–Crippen LogP) is 4.14. The van der Waals surface area contributed by atoms with Gasteiger partial charge in [-0.05, 0) is 41.5 Å². The molecular formula is C23H18N2O5. The van der Waals surface area contributed by atoms with E-state index in [1.807, 2.05) is 30.3 Å². The number of hydrogen-bond donors (Lipinski definition) is 3. The van der Waals surface area contributed by atoms with Crippen LogP contribution in [0, 0.1) is 0 Å². The molecule has 0 fully saturated rings. The van der Waals surface area contributed by atoms with Crippen molar-refractivity contribution in [3.05, 3.63) is 95.1 Å². The number of carbonyl (C=O) groups is 2. The highest BCUT2D eigenvalue weighted by Crippen LogP contribution is 2.38. The first-order valence-corrected chi connectivity index (χ1v) is 9.25. The molecule has 150 valence electrons. The van der Waals surface area contributed by atoms with Crippen molar-refractivity contribution in [3.8, 4) is 5.75 Å². The summed E-state index contributed by atoms with van der Waals surface area (Å²) < 4.78 is 0. The second kappa shape index (κ2) is 7.71. The number of hydrazone groups is 1. The summed E-state index contributed by atoms with van der Waals surface area (Å²) in [6, 6.07) is 20.0. The van der Waals surface area contributed by atoms with Crippen LogP contribution >= 0.6 is 0 Å². The molecule has 30 heavy (non-hydrogen) atoms. The fourth-order valence-electron chi connectivity index (χ4n) is 3.50. The first kappa shape index (κ1) is 19.2. The van der Waals surface area contributed by atoms with Crippen molar-refractivity contribution in [1.82, 2.24) is 0 Å². The number of benzene rings is 3. The standard InChI is InChI=1S/C23H18N2O5/c26-19-8-6-15(7-9-19)21-13-20(14-4-2-1-3-5-14)24-25(21)18-11-16(22(27)28)10-17(12-18)23(29)30/h1-12,21,26H,13H2,(H,27,28)(H,29,30). The molecule has 7 heteroatoms. The molecule has 0 amide bonds. The number of phenolic OH excluding ortho intramolecular Hbond substituents is 1. The van der Waals surface area contributed by atoms with Crippen LogP contribution in [0.2, 0.25) is 0 Å². The third-order valence-corrected chi connectivity index (χ3v) is 4.97. The maximum atomic E-state index is 11.5. The van der Waals surface area contributed by atoms with Gasteiger partial charge in [0.15, 0.2) is 0 Å². The maximum absolute atomic E-state index is 11.5. The van der Waals surface area contributed by atoms with Crippen LogP contribution in [0.1, 0.15) is 44.3 Å². The molecule has 1 aliphatic rings. The molecule has 1 atom stereocenters. The fourth-order valence-corrected chi connectivity index (χ4v) is 3.50. The van der Waals surface area contributed by atoms with Gasteiger partial charge in [-0.3, -0.25) is 5.01 Å². The number of aromatic hydroxyl groups is 1. The second-order valence-corrected chi connectivity index (χ2v) is 6.95. The summed E-state index contributed by atoms with van der Waals surface area (Å²) in [7, 11) is 0. The van der Waals surface area contributed by atoms with Crippen molar-refractivity contribution >= 4 is 23.3 Å². The van der Waals surface area contributed by atoms with E-state index in [4.69, 9.17) is 5.10 Å². The quantitative estimate of drug-likeness (QED) is 0.591. The molecule has 0 spiro atoms. The van der Waals surface area contributed by atoms with Crippen molar-refractivity contribution in [2.75, 3.05) is 5.01 Å². The SMILES string of the molecule is O=C(O)c1cc(C(=O)O)cc(N2N=C(c3ccccc3)CC2c2ccc(O)cc2)c1. The Bertz CT molecular complexity index is 1110. The summed E-state index contributed by atoms with van der Waals surface area (Å²) in [6.07, 6.45) is 0.536. The summed E-state index contributed by atoms with van der Waals surface area (Å²) >= 11 is 0. The summed E-state index contributed by atoms with van der Waals surface area (Å²) in [5, 5.41) is 34.8. The molecule has 7 nitrogen and oxygen atoms in total. The van der Waals surface area contributed by atoms with Crippen molar-refractivity contribution in [3.63, 3.8) is 0 Å². The zero-order chi connectivity index (χ0) is 21.3. The lowest BCUT2D eigenvalue weighted by atomic mass is 9.98. The summed E-state index contributed by atoms with van der Waals surface area (Å²) in [5.74, 6) is -2.30. The highest BCUT2D eigenvalue weighted by atomic mass is 16.4. The smallest absolute Gasteiger partial charge is 0.335 e. The highest BCUT2D eigenvalue weighted by Gasteiger charge is 2.31. The molecule has 3 aromatic carbocycles. The normalized spacial score (nSPS) is 15.7. The third-order valence-electron chi connectivity index (χ3n) is 4.97. The molecule has 0 aromatic heterocycles. The molecule has 1 unspecified atom stereocenters. The summed E-state index contributed by atoms with van der Waals surface area (Å²) in [4.78, 5) is 23.1. The minimum Gasteiger partial charge on any atom is -0.508 e. The Hall–Kier alpha value is -4.13. The zero-order valence-corrected chi connectivity index (χ0v) is 15.8. The minimum atomic E-state index is -1.22. The number of hydrogen-bond acceptors (Lipinski definition) is 5. The molecule has 3 N–H and O–H groups in total. The Balaban J connectivity index is 1.84. The first-order valence-electron chi connectivity index (χ1n) is 9.25. The van der Waals surface area contributed by atoms with Crippen LogP contribution in [0.25, 0.3) is 0 Å². The van der Waals surface area contributed by atoms with E-state index in [1.54, 1.807) is 29.3 Å². The van der Waals surface area contributed by atoms with Crippen molar-refractivity contribution < 1.29 is 24.9 Å². The van der Waals surface area contributed by atoms with Crippen LogP contribution in [0.5, 0.6) is 5.75 Å². The van der Waals surface area contributed by atoms with Gasteiger partial charge in [0.25, 0.3) is 0 Å². The van der Waals surface area contributed by atoms with E-state index >= 15 is 0 Å². The molecule has 3 aromatic rings. The van der Waals surface area contributed by atoms with Gasteiger partial charge in [-0.2, -0.15) is 5.10 Å². The zero-order valence-electron chi connectivity index (χ0n) is 15.8. The van der Waals surface area contributed by atoms with E-state index in [-0.39, 0.29) is 22.9 Å². The van der Waals surface area contributed by atoms with Crippen LogP contribution in [0.15, 0.2) is 77.9 Å². The number of aromatic carboxylic acids is 2. The summed E-state index contributed by atoms with van der Waals surface area (Å²) in [5.41, 5.74) is 2.70. The van der Waals surface area contributed by atoms with Crippen molar-refractivity contribution in [1.29, 1.82) is 0 Å². The number of anilines is 1. The van der Waals surface area contributed by atoms with Gasteiger partial charge in [0, 0.05) is 6.42 Å². The molecular weight excluding hydrogens is 384 g/mol. The van der Waals surface area contributed by atoms with Gasteiger partial charge in [0.05, 0.1) is 28.6 Å². The Labute approximate surface area is 172 Å². The van der Waals surface area contributed by atoms with Gasteiger partial charge < -0.3 is 15.3 Å². The second-order valence-electron chi connectivity index (χ2n) is 6.95. The number of phenols is 1. The fraction of sp³-hybridized carbons (Fsp3) is 0.0870. The van der Waals surface area contributed by atoms with E-state index in [0.29, 0.717) is 12.1 Å². The lowest BCUT2D eigenvalue weighted by Gasteiger charge is -2.24. The van der Waals surface area contributed by atoms with Crippen molar-refractivity contribution in [2.24, 2.45) is 5.10 Å². The maximum Gasteiger partial charge on any atom is 0.335 e. The van der Waals surface area contributed by atoms with E-state index in [2.05, 4.69) is 0 Å². The Morgan fingerprint density at radius 3 is 2.03 bits per heavy atom. The Kier molecular flexibility index (Phi) is 4.93. The van der Waals surface area contributed by atoms with Crippen LogP contribution in [0.4, 0.5) is 5.69 Å². The highest BCUT2D eigenvalue weighted by molar-refractivity contribution is 6.03. The molecule has 0 radical (unpaired) electrons. The molecule has 1 aliphatic heterocycles. The molecule has 4 rings (SSSR count). The average molecular weight is 402 g/mol. The van der Waals surface area contributed by atoms with Crippen molar-refractivity contribution in [2.45, 2.75) is 12.5 Å². The van der Waals surface area contributed by atoms with Gasteiger partial charge in [-0.1, -0.05) is 42.5 Å². The first-order chi connectivity index (χ1) is 14.4. The van der Waals surface area contributed by atoms with Gasteiger partial charge in [-0.25, -0.2) is 9.59 Å². The predicted molar refractivity (Wildman–Crippen MR) is 111 cm³/mol. The third kappa shape index (κ3) is 3.73. The monoisotopic (exact) mass is 402 g/mol. The largest absolute Gasteiger partial charge is 0.508 e. The van der Waals surface area contributed by atoms with E-state index in [1.165, 1.54) is 12.1 Å². The van der Waals surface area contributed by atoms with Crippen LogP contribution in [0.3, 0.4) is 0 Å². The molecule has 0 bridgehead atoms. The Morgan fingerprint density at radius 1 is 0.867 bits per heavy atom. The van der Waals surface area contributed by atoms with Gasteiger partial charge in [0.1, 0.15) is 5.75 Å². The van der Waals surface area contributed by atoms with Gasteiger partial charge >= 0.3 is 11.9 Å². The summed E-state index contributed by atoms with van der Waals surface area (Å²) in [6.45, 7) is 0. The molecule has 0 aliphatic carbocycles. The van der Waals surface area contributed by atoms with Gasteiger partial charge in [-0.15, -0.1) is 0 Å². The number of nitrogens with zero attached hydrogens (tertiary/aromatic N) is 2. The van der Waals surface area contributed by atoms with Crippen LogP contribution in [-0.2, 0) is 0 Å². The molecule has 0 saturated carbocycles. The van der Waals surface area contributed by atoms with E-state index in [0.717, 1.165) is 22.9 Å². The number of rotatable bonds is 5. The van der Waals surface area contributed by atoms with E-state index < -0.39 is 11.9 Å². The average Bonchev–Trinajstić information content (AvgIpc) is 3.20. The van der Waals surface area contributed by atoms with Gasteiger partial charge in [0.2, 0.25) is 0 Å². The Morgan fingerprint density at radius 2 is 1.47 bits per heavy atom. The minimum absolute atomic E-state index is 0.127. The number of carboxylic acid groups (broad SMARTS) is 2.